The molecular formula is C29H36N2O5. The lowest BCUT2D eigenvalue weighted by Crippen LogP contribution is -2.28. The Morgan fingerprint density at radius 1 is 0.972 bits per heavy atom. The number of anilines is 2. The van der Waals surface area contributed by atoms with Gasteiger partial charge in [-0.05, 0) is 80.0 Å². The van der Waals surface area contributed by atoms with Crippen LogP contribution in [-0.2, 0) is 25.4 Å². The van der Waals surface area contributed by atoms with Gasteiger partial charge in [-0.15, -0.1) is 6.58 Å². The molecule has 0 amide bonds. The number of carbonyl (C=O) groups is 2. The average molecular weight is 493 g/mol. The summed E-state index contributed by atoms with van der Waals surface area (Å²) in [5.74, 6) is -0.782. The normalized spacial score (nSPS) is 17.6. The van der Waals surface area contributed by atoms with Gasteiger partial charge in [0.2, 0.25) is 0 Å². The third-order valence-corrected chi connectivity index (χ3v) is 6.14. The molecule has 1 fully saturated rings. The summed E-state index contributed by atoms with van der Waals surface area (Å²) in [6.45, 7) is 4.68. The second kappa shape index (κ2) is 14.1. The molecule has 1 saturated carbocycles. The highest BCUT2D eigenvalue weighted by atomic mass is 16.5. The van der Waals surface area contributed by atoms with Crippen molar-refractivity contribution in [3.8, 4) is 0 Å². The Bertz CT molecular complexity index is 1040. The highest BCUT2D eigenvalue weighted by Gasteiger charge is 2.24. The molecule has 2 aromatic carbocycles. The number of ether oxygens (including phenoxy) is 3. The van der Waals surface area contributed by atoms with Crippen molar-refractivity contribution in [2.75, 3.05) is 24.7 Å². The van der Waals surface area contributed by atoms with Gasteiger partial charge in [-0.2, -0.15) is 0 Å². The summed E-state index contributed by atoms with van der Waals surface area (Å²) < 4.78 is 16.8. The van der Waals surface area contributed by atoms with Crippen molar-refractivity contribution >= 4 is 29.4 Å². The van der Waals surface area contributed by atoms with Crippen LogP contribution in [0.15, 0.2) is 61.2 Å². The molecule has 0 saturated heterocycles. The smallest absolute Gasteiger partial charge is 0.338 e. The molecule has 7 heteroatoms. The summed E-state index contributed by atoms with van der Waals surface area (Å²) in [6.07, 6.45) is 11.0. The molecule has 0 radical (unpaired) electrons. The van der Waals surface area contributed by atoms with E-state index in [2.05, 4.69) is 6.58 Å². The maximum Gasteiger partial charge on any atom is 0.338 e. The van der Waals surface area contributed by atoms with Crippen molar-refractivity contribution in [2.24, 2.45) is 0 Å². The molecule has 1 aliphatic rings. The van der Waals surface area contributed by atoms with Crippen molar-refractivity contribution < 1.29 is 23.8 Å². The van der Waals surface area contributed by atoms with E-state index in [-0.39, 0.29) is 24.8 Å². The number of rotatable bonds is 12. The van der Waals surface area contributed by atoms with Gasteiger partial charge in [0.1, 0.15) is 6.10 Å². The van der Waals surface area contributed by atoms with Crippen LogP contribution in [0.1, 0.15) is 60.0 Å². The van der Waals surface area contributed by atoms with Gasteiger partial charge < -0.3 is 25.7 Å². The summed E-state index contributed by atoms with van der Waals surface area (Å²) in [5.41, 5.74) is 14.9. The number of unbranched alkanes of at least 4 members (excludes halogenated alkanes) is 1. The third kappa shape index (κ3) is 8.89. The van der Waals surface area contributed by atoms with Crippen molar-refractivity contribution in [3.05, 3.63) is 77.9 Å². The lowest BCUT2D eigenvalue weighted by atomic mass is 9.95. The number of allylic oxidation sites excluding steroid dienone is 1. The van der Waals surface area contributed by atoms with Crippen LogP contribution in [0, 0.1) is 0 Å². The average Bonchev–Trinajstić information content (AvgIpc) is 2.88. The van der Waals surface area contributed by atoms with E-state index < -0.39 is 5.97 Å². The fourth-order valence-corrected chi connectivity index (χ4v) is 4.06. The first-order valence-electron chi connectivity index (χ1n) is 12.5. The van der Waals surface area contributed by atoms with Crippen LogP contribution < -0.4 is 11.5 Å². The van der Waals surface area contributed by atoms with Crippen LogP contribution in [0.25, 0.3) is 6.08 Å². The molecular weight excluding hydrogens is 456 g/mol. The minimum Gasteiger partial charge on any atom is -0.462 e. The van der Waals surface area contributed by atoms with Crippen LogP contribution in [0.2, 0.25) is 0 Å². The van der Waals surface area contributed by atoms with Crippen molar-refractivity contribution in [3.63, 3.8) is 0 Å². The zero-order valence-corrected chi connectivity index (χ0v) is 20.7. The first-order chi connectivity index (χ1) is 17.4. The zero-order chi connectivity index (χ0) is 25.8. The molecule has 0 unspecified atom stereocenters. The van der Waals surface area contributed by atoms with Gasteiger partial charge in [-0.1, -0.05) is 24.3 Å². The molecule has 3 rings (SSSR count). The number of nitrogen functional groups attached to an aromatic ring is 2. The summed E-state index contributed by atoms with van der Waals surface area (Å²) >= 11 is 0. The lowest BCUT2D eigenvalue weighted by Gasteiger charge is -2.28. The number of carbonyl (C=O) groups excluding carboxylic acids is 2. The molecule has 0 atom stereocenters. The summed E-state index contributed by atoms with van der Waals surface area (Å²) in [4.78, 5) is 24.5. The molecule has 7 nitrogen and oxygen atoms in total. The predicted octanol–water partition coefficient (Wildman–Crippen LogP) is 5.10. The van der Waals surface area contributed by atoms with Crippen molar-refractivity contribution in [2.45, 2.75) is 57.2 Å². The second-order valence-corrected chi connectivity index (χ2v) is 8.94. The van der Waals surface area contributed by atoms with Gasteiger partial charge in [-0.3, -0.25) is 0 Å². The second-order valence-electron chi connectivity index (χ2n) is 8.94. The molecule has 2 aromatic rings. The molecule has 4 N–H and O–H groups in total. The fourth-order valence-electron chi connectivity index (χ4n) is 4.06. The van der Waals surface area contributed by atoms with E-state index in [1.165, 1.54) is 6.08 Å². The Hall–Kier alpha value is -3.58. The van der Waals surface area contributed by atoms with Gasteiger partial charge >= 0.3 is 11.9 Å². The van der Waals surface area contributed by atoms with Gasteiger partial charge in [-0.25, -0.2) is 9.59 Å². The van der Waals surface area contributed by atoms with E-state index in [1.54, 1.807) is 42.5 Å². The van der Waals surface area contributed by atoms with Crippen LogP contribution in [0.4, 0.5) is 11.4 Å². The van der Waals surface area contributed by atoms with Crippen molar-refractivity contribution in [1.82, 2.24) is 0 Å². The topological polar surface area (TPSA) is 114 Å². The molecule has 0 heterocycles. The van der Waals surface area contributed by atoms with Gasteiger partial charge in [0.05, 0.1) is 18.3 Å². The molecule has 0 spiro atoms. The van der Waals surface area contributed by atoms with Crippen LogP contribution in [0.3, 0.4) is 0 Å². The number of benzene rings is 2. The van der Waals surface area contributed by atoms with Gasteiger partial charge in [0, 0.05) is 30.5 Å². The van der Waals surface area contributed by atoms with E-state index in [0.717, 1.165) is 56.3 Å². The van der Waals surface area contributed by atoms with E-state index in [0.29, 0.717) is 23.4 Å². The Morgan fingerprint density at radius 2 is 1.69 bits per heavy atom. The zero-order valence-electron chi connectivity index (χ0n) is 20.7. The SMILES string of the molecule is C=CCCCOC1CCC(OC(=O)c2ccc(C=CC(=O)OCCc3ccc(N)cc3N)cc2)CC1. The Balaban J connectivity index is 1.37. The highest BCUT2D eigenvalue weighted by Crippen LogP contribution is 2.25. The number of nitrogens with two attached hydrogens (primary N) is 2. The third-order valence-electron chi connectivity index (χ3n) is 6.14. The Labute approximate surface area is 213 Å². The summed E-state index contributed by atoms with van der Waals surface area (Å²) in [6, 6.07) is 12.2. The van der Waals surface area contributed by atoms with Crippen LogP contribution in [-0.4, -0.2) is 37.4 Å². The Kier molecular flexibility index (Phi) is 10.6. The summed E-state index contributed by atoms with van der Waals surface area (Å²) in [7, 11) is 0. The largest absolute Gasteiger partial charge is 0.462 e. The number of esters is 2. The Morgan fingerprint density at radius 3 is 2.39 bits per heavy atom. The van der Waals surface area contributed by atoms with E-state index in [9.17, 15) is 9.59 Å². The van der Waals surface area contributed by atoms with Crippen LogP contribution in [0.5, 0.6) is 0 Å². The summed E-state index contributed by atoms with van der Waals surface area (Å²) in [5, 5.41) is 0. The molecule has 192 valence electrons. The predicted molar refractivity (Wildman–Crippen MR) is 142 cm³/mol. The van der Waals surface area contributed by atoms with E-state index in [1.807, 2.05) is 12.1 Å². The van der Waals surface area contributed by atoms with Crippen LogP contribution >= 0.6 is 0 Å². The number of hydrogen-bond acceptors (Lipinski definition) is 7. The molecule has 0 bridgehead atoms. The molecule has 0 aliphatic heterocycles. The van der Waals surface area contributed by atoms with Gasteiger partial charge in [0.25, 0.3) is 0 Å². The number of hydrogen-bond donors (Lipinski definition) is 2. The minimum absolute atomic E-state index is 0.0801. The van der Waals surface area contributed by atoms with E-state index >= 15 is 0 Å². The highest BCUT2D eigenvalue weighted by molar-refractivity contribution is 5.90. The standard InChI is InChI=1S/C29H36N2O5/c1-2-3-4-18-34-25-12-14-26(15-13-25)36-29(33)23-8-5-21(6-9-23)7-16-28(32)35-19-17-22-10-11-24(30)20-27(22)31/h2,5-11,16,20,25-26H,1,3-4,12-15,17-19,30-31H2. The maximum absolute atomic E-state index is 12.5. The first-order valence-corrected chi connectivity index (χ1v) is 12.5. The molecule has 0 aromatic heterocycles. The monoisotopic (exact) mass is 492 g/mol. The van der Waals surface area contributed by atoms with Gasteiger partial charge in [0.15, 0.2) is 0 Å². The minimum atomic E-state index is -0.451. The molecule has 36 heavy (non-hydrogen) atoms. The van der Waals surface area contributed by atoms with Crippen molar-refractivity contribution in [1.29, 1.82) is 0 Å². The first kappa shape index (κ1) is 27.0. The fraction of sp³-hybridized carbons (Fsp3) is 0.379. The quantitative estimate of drug-likeness (QED) is 0.139. The van der Waals surface area contributed by atoms with E-state index in [4.69, 9.17) is 25.7 Å². The maximum atomic E-state index is 12.5. The lowest BCUT2D eigenvalue weighted by molar-refractivity contribution is -0.137. The molecule has 1 aliphatic carbocycles.